The third kappa shape index (κ3) is 7.29. The molecule has 8 nitrogen and oxygen atoms in total. The monoisotopic (exact) mass is 958 g/mol. The van der Waals surface area contributed by atoms with Crippen LogP contribution in [-0.2, 0) is 0 Å². The smallest absolute Gasteiger partial charge is 0.207 e. The molecule has 0 radical (unpaired) electrons. The summed E-state index contributed by atoms with van der Waals surface area (Å²) in [5, 5.41) is 4.76. The zero-order chi connectivity index (χ0) is 49.4. The molecule has 12 heteroatoms. The van der Waals surface area contributed by atoms with Crippen LogP contribution >= 0.6 is 0 Å². The van der Waals surface area contributed by atoms with Gasteiger partial charge < -0.3 is 17.7 Å². The molecule has 0 saturated carbocycles. The van der Waals surface area contributed by atoms with E-state index in [4.69, 9.17) is 17.7 Å². The second-order valence-electron chi connectivity index (χ2n) is 17.8. The summed E-state index contributed by atoms with van der Waals surface area (Å²) in [5.74, 6) is 0.370. The molecule has 0 spiro atoms. The summed E-state index contributed by atoms with van der Waals surface area (Å²) in [6.45, 7) is 7.79. The van der Waals surface area contributed by atoms with Crippen molar-refractivity contribution < 1.29 is 35.2 Å². The maximum absolute atomic E-state index is 14.9. The molecule has 0 saturated heterocycles. The molecule has 4 heterocycles. The second kappa shape index (κ2) is 17.4. The van der Waals surface area contributed by atoms with Crippen molar-refractivity contribution in [1.82, 2.24) is 0 Å². The SMILES string of the molecule is Cc1ccoc1N(c1ccc(F)cc1)c1cc(N(c2ccc(F)cc2)c2occc2C)c2ccc3c(N(c4ccc(F)cc4)c4occc4C)cc(N(c4ccc(F)cc4)c4occc4C)c4ccc1c2c43. The van der Waals surface area contributed by atoms with Crippen LogP contribution < -0.4 is 19.6 Å². The number of furan rings is 4. The fourth-order valence-corrected chi connectivity index (χ4v) is 9.86. The summed E-state index contributed by atoms with van der Waals surface area (Å²) in [6.07, 6.45) is 6.48. The minimum absolute atomic E-state index is 0.406. The molecule has 72 heavy (non-hydrogen) atoms. The number of halogens is 4. The minimum Gasteiger partial charge on any atom is -0.448 e. The van der Waals surface area contributed by atoms with Crippen LogP contribution in [0.3, 0.4) is 0 Å². The van der Waals surface area contributed by atoms with Gasteiger partial charge in [0, 0.05) is 77.3 Å². The molecule has 354 valence electrons. The van der Waals surface area contributed by atoms with E-state index >= 15 is 0 Å². The first-order valence-electron chi connectivity index (χ1n) is 23.2. The normalized spacial score (nSPS) is 11.6. The molecule has 0 aliphatic heterocycles. The van der Waals surface area contributed by atoms with Crippen molar-refractivity contribution in [2.45, 2.75) is 27.7 Å². The van der Waals surface area contributed by atoms with E-state index in [0.29, 0.717) is 69.0 Å². The molecule has 4 aromatic heterocycles. The van der Waals surface area contributed by atoms with Gasteiger partial charge in [-0.05, 0) is 161 Å². The van der Waals surface area contributed by atoms with Crippen molar-refractivity contribution in [3.8, 4) is 0 Å². The molecule has 0 amide bonds. The highest BCUT2D eigenvalue weighted by Gasteiger charge is 2.32. The number of anilines is 12. The van der Waals surface area contributed by atoms with Crippen LogP contribution in [0.4, 0.5) is 86.6 Å². The van der Waals surface area contributed by atoms with Crippen LogP contribution in [0.5, 0.6) is 0 Å². The van der Waals surface area contributed by atoms with E-state index < -0.39 is 23.3 Å². The number of hydrogen-bond donors (Lipinski definition) is 0. The van der Waals surface area contributed by atoms with E-state index in [1.807, 2.05) is 83.7 Å². The molecule has 12 aromatic rings. The van der Waals surface area contributed by atoms with E-state index in [-0.39, 0.29) is 0 Å². The van der Waals surface area contributed by atoms with Crippen LogP contribution in [0.15, 0.2) is 200 Å². The van der Waals surface area contributed by atoms with E-state index in [9.17, 15) is 17.6 Å². The Morgan fingerprint density at radius 1 is 0.278 bits per heavy atom. The quantitative estimate of drug-likeness (QED) is 0.0886. The standard InChI is InChI=1S/C60H42F4N4O4/c1-35-25-29-69-57(35)65(43-13-5-39(61)6-14-43)51-33-52(66(58-36(2)26-30-70-58)44-15-7-40(62)8-16-44)48-23-24-50-54(68(60-38(4)28-32-72-60)46-19-11-42(64)12-20-46)34-53(49-22-21-47(51)55(48)56(49)50)67(59-37(3)27-31-71-59)45-17-9-41(63)10-18-45/h5-34H,1-4H3. The van der Waals surface area contributed by atoms with Gasteiger partial charge in [-0.25, -0.2) is 17.6 Å². The van der Waals surface area contributed by atoms with Crippen molar-refractivity contribution >= 4 is 101 Å². The molecular weight excluding hydrogens is 917 g/mol. The molecule has 0 unspecified atom stereocenters. The predicted octanol–water partition coefficient (Wildman–Crippen LogP) is 18.6. The van der Waals surface area contributed by atoms with Crippen molar-refractivity contribution in [2.24, 2.45) is 0 Å². The summed E-state index contributed by atoms with van der Waals surface area (Å²) in [6, 6.07) is 44.8. The summed E-state index contributed by atoms with van der Waals surface area (Å²) in [7, 11) is 0. The number of benzene rings is 8. The number of rotatable bonds is 12. The number of aryl methyl sites for hydroxylation is 4. The molecule has 0 atom stereocenters. The summed E-state index contributed by atoms with van der Waals surface area (Å²) >= 11 is 0. The zero-order valence-electron chi connectivity index (χ0n) is 39.3. The van der Waals surface area contributed by atoms with Crippen LogP contribution in [0.2, 0.25) is 0 Å². The first-order valence-corrected chi connectivity index (χ1v) is 23.2. The fourth-order valence-electron chi connectivity index (χ4n) is 9.86. The Morgan fingerprint density at radius 2 is 0.486 bits per heavy atom. The molecule has 0 bridgehead atoms. The van der Waals surface area contributed by atoms with Crippen LogP contribution in [0.25, 0.3) is 32.3 Å². The maximum atomic E-state index is 14.9. The predicted molar refractivity (Wildman–Crippen MR) is 277 cm³/mol. The molecule has 8 aromatic carbocycles. The molecule has 0 N–H and O–H groups in total. The van der Waals surface area contributed by atoms with E-state index in [2.05, 4.69) is 24.3 Å². The minimum atomic E-state index is -0.406. The van der Waals surface area contributed by atoms with Crippen molar-refractivity contribution in [2.75, 3.05) is 19.6 Å². The lowest BCUT2D eigenvalue weighted by Crippen LogP contribution is -2.16. The fraction of sp³-hybridized carbons (Fsp3) is 0.0667. The maximum Gasteiger partial charge on any atom is 0.207 e. The topological polar surface area (TPSA) is 65.5 Å². The number of hydrogen-bond acceptors (Lipinski definition) is 8. The van der Waals surface area contributed by atoms with Gasteiger partial charge in [0.2, 0.25) is 23.5 Å². The van der Waals surface area contributed by atoms with Crippen molar-refractivity contribution in [3.05, 3.63) is 228 Å². The zero-order valence-corrected chi connectivity index (χ0v) is 39.3. The molecular formula is C60H42F4N4O4. The van der Waals surface area contributed by atoms with Gasteiger partial charge >= 0.3 is 0 Å². The van der Waals surface area contributed by atoms with Gasteiger partial charge in [-0.1, -0.05) is 24.3 Å². The van der Waals surface area contributed by atoms with Crippen molar-refractivity contribution in [3.63, 3.8) is 0 Å². The summed E-state index contributed by atoms with van der Waals surface area (Å²) in [4.78, 5) is 7.88. The number of nitrogens with zero attached hydrogens (tertiary/aromatic N) is 4. The highest BCUT2D eigenvalue weighted by molar-refractivity contribution is 6.33. The lowest BCUT2D eigenvalue weighted by Gasteiger charge is -2.33. The average molecular weight is 959 g/mol. The largest absolute Gasteiger partial charge is 0.448 e. The van der Waals surface area contributed by atoms with Crippen LogP contribution in [0, 0.1) is 51.0 Å². The Hall–Kier alpha value is -9.16. The Kier molecular flexibility index (Phi) is 10.6. The first-order chi connectivity index (χ1) is 35.0. The van der Waals surface area contributed by atoms with Gasteiger partial charge in [-0.3, -0.25) is 19.6 Å². The van der Waals surface area contributed by atoms with Crippen LogP contribution in [-0.4, -0.2) is 0 Å². The lowest BCUT2D eigenvalue weighted by atomic mass is 9.89. The van der Waals surface area contributed by atoms with Gasteiger partial charge in [0.25, 0.3) is 0 Å². The van der Waals surface area contributed by atoms with Gasteiger partial charge in [-0.2, -0.15) is 0 Å². The van der Waals surface area contributed by atoms with Crippen LogP contribution in [0.1, 0.15) is 22.3 Å². The Bertz CT molecular complexity index is 3430. The second-order valence-corrected chi connectivity index (χ2v) is 17.8. The molecule has 12 rings (SSSR count). The van der Waals surface area contributed by atoms with E-state index in [1.54, 1.807) is 73.6 Å². The third-order valence-electron chi connectivity index (χ3n) is 13.3. The van der Waals surface area contributed by atoms with Gasteiger partial charge in [0.1, 0.15) is 23.3 Å². The lowest BCUT2D eigenvalue weighted by molar-refractivity contribution is 0.571. The highest BCUT2D eigenvalue weighted by Crippen LogP contribution is 2.56. The molecule has 0 aliphatic carbocycles. The van der Waals surface area contributed by atoms with E-state index in [0.717, 1.165) is 54.6 Å². The summed E-state index contributed by atoms with van der Waals surface area (Å²) < 4.78 is 84.9. The van der Waals surface area contributed by atoms with Crippen molar-refractivity contribution in [1.29, 1.82) is 0 Å². The Balaban J connectivity index is 1.29. The van der Waals surface area contributed by atoms with E-state index in [1.165, 1.54) is 48.5 Å². The Labute approximate surface area is 410 Å². The average Bonchev–Trinajstić information content (AvgIpc) is 4.22. The Morgan fingerprint density at radius 3 is 0.667 bits per heavy atom. The van der Waals surface area contributed by atoms with Gasteiger partial charge in [0.05, 0.1) is 47.8 Å². The van der Waals surface area contributed by atoms with Gasteiger partial charge in [0.15, 0.2) is 0 Å². The molecule has 0 fully saturated rings. The highest BCUT2D eigenvalue weighted by atomic mass is 19.1. The first kappa shape index (κ1) is 44.1. The summed E-state index contributed by atoms with van der Waals surface area (Å²) in [5.41, 5.74) is 8.39. The van der Waals surface area contributed by atoms with Gasteiger partial charge in [-0.15, -0.1) is 0 Å². The molecule has 0 aliphatic rings. The third-order valence-corrected chi connectivity index (χ3v) is 13.3.